The van der Waals surface area contributed by atoms with Crippen LogP contribution in [0.1, 0.15) is 40.5 Å². The predicted molar refractivity (Wildman–Crippen MR) is 112 cm³/mol. The molecule has 0 radical (unpaired) electrons. The number of carbonyl (C=O) groups is 4. The molecule has 1 rings (SSSR count). The molecule has 29 heavy (non-hydrogen) atoms. The van der Waals surface area contributed by atoms with E-state index in [1.807, 2.05) is 20.8 Å². The van der Waals surface area contributed by atoms with Crippen LogP contribution >= 0.6 is 0 Å². The Hall–Kier alpha value is -2.64. The third-order valence-corrected chi connectivity index (χ3v) is 5.09. The third-order valence-electron chi connectivity index (χ3n) is 5.09. The van der Waals surface area contributed by atoms with Crippen molar-refractivity contribution in [2.24, 2.45) is 5.92 Å². The molecule has 3 unspecified atom stereocenters. The lowest BCUT2D eigenvalue weighted by Gasteiger charge is -2.37. The first-order chi connectivity index (χ1) is 13.6. The monoisotopic (exact) mass is 406 g/mol. The number of likely N-dealkylation sites (N-methyl/N-ethyl adjacent to an activating group) is 2. The molecule has 0 aromatic carbocycles. The Balaban J connectivity index is 3.17. The summed E-state index contributed by atoms with van der Waals surface area (Å²) in [6.45, 7) is 7.56. The summed E-state index contributed by atoms with van der Waals surface area (Å²) in [5, 5.41) is 5.52. The van der Waals surface area contributed by atoms with E-state index in [9.17, 15) is 19.2 Å². The van der Waals surface area contributed by atoms with Crippen molar-refractivity contribution < 1.29 is 19.2 Å². The van der Waals surface area contributed by atoms with Crippen molar-refractivity contribution in [1.29, 1.82) is 0 Å². The molecule has 1 aliphatic heterocycles. The Morgan fingerprint density at radius 1 is 1.14 bits per heavy atom. The number of amides is 4. The van der Waals surface area contributed by atoms with Gasteiger partial charge in [0.2, 0.25) is 23.6 Å². The Morgan fingerprint density at radius 3 is 2.38 bits per heavy atom. The molecule has 0 saturated carbocycles. The number of hydrogen-bond acceptors (Lipinski definition) is 4. The summed E-state index contributed by atoms with van der Waals surface area (Å²) >= 11 is 0. The van der Waals surface area contributed by atoms with Crippen LogP contribution in [0.5, 0.6) is 0 Å². The van der Waals surface area contributed by atoms with Gasteiger partial charge in [0.05, 0.1) is 0 Å². The quantitative estimate of drug-likeness (QED) is 0.534. The van der Waals surface area contributed by atoms with Gasteiger partial charge in [-0.15, -0.1) is 0 Å². The third kappa shape index (κ3) is 6.73. The van der Waals surface area contributed by atoms with Gasteiger partial charge in [0, 0.05) is 26.7 Å². The Morgan fingerprint density at radius 2 is 1.79 bits per heavy atom. The summed E-state index contributed by atoms with van der Waals surface area (Å²) < 4.78 is 0. The van der Waals surface area contributed by atoms with Gasteiger partial charge >= 0.3 is 0 Å². The summed E-state index contributed by atoms with van der Waals surface area (Å²) in [7, 11) is 3.14. The van der Waals surface area contributed by atoms with E-state index >= 15 is 0 Å². The minimum atomic E-state index is -0.782. The molecular weight excluding hydrogens is 372 g/mol. The zero-order chi connectivity index (χ0) is 22.1. The number of nitrogens with one attached hydrogen (secondary N) is 2. The number of nitrogens with zero attached hydrogens (tertiary/aromatic N) is 2. The van der Waals surface area contributed by atoms with E-state index in [1.54, 1.807) is 39.2 Å². The zero-order valence-corrected chi connectivity index (χ0v) is 18.3. The topological polar surface area (TPSA) is 98.8 Å². The minimum Gasteiger partial charge on any atom is -0.354 e. The Bertz CT molecular complexity index is 672. The minimum absolute atomic E-state index is 0.164. The molecule has 0 aliphatic carbocycles. The van der Waals surface area contributed by atoms with E-state index in [-0.39, 0.29) is 29.5 Å². The molecule has 8 heteroatoms. The van der Waals surface area contributed by atoms with Gasteiger partial charge in [-0.3, -0.25) is 19.2 Å². The van der Waals surface area contributed by atoms with Crippen LogP contribution in [0, 0.1) is 5.92 Å². The highest BCUT2D eigenvalue weighted by molar-refractivity contribution is 5.96. The second-order valence-corrected chi connectivity index (χ2v) is 7.64. The molecule has 0 aromatic heterocycles. The first-order valence-electron chi connectivity index (χ1n) is 10.0. The summed E-state index contributed by atoms with van der Waals surface area (Å²) in [5.74, 6) is -1.42. The van der Waals surface area contributed by atoms with Crippen molar-refractivity contribution in [2.45, 2.75) is 58.7 Å². The molecule has 1 fully saturated rings. The lowest BCUT2D eigenvalue weighted by Crippen LogP contribution is -2.59. The fourth-order valence-corrected chi connectivity index (χ4v) is 3.25. The predicted octanol–water partition coefficient (Wildman–Crippen LogP) is 0.843. The molecule has 162 valence electrons. The fraction of sp³-hybridized carbons (Fsp3) is 0.619. The molecule has 2 N–H and O–H groups in total. The molecule has 0 spiro atoms. The smallest absolute Gasteiger partial charge is 0.246 e. The van der Waals surface area contributed by atoms with Gasteiger partial charge in [-0.05, 0) is 32.6 Å². The van der Waals surface area contributed by atoms with E-state index in [4.69, 9.17) is 0 Å². The van der Waals surface area contributed by atoms with Gasteiger partial charge in [-0.25, -0.2) is 0 Å². The average Bonchev–Trinajstić information content (AvgIpc) is 2.67. The number of allylic oxidation sites excluding steroid dienone is 3. The first kappa shape index (κ1) is 24.4. The van der Waals surface area contributed by atoms with Crippen LogP contribution in [-0.4, -0.2) is 72.2 Å². The summed E-state index contributed by atoms with van der Waals surface area (Å²) in [5.41, 5.74) is 0. The lowest BCUT2D eigenvalue weighted by molar-refractivity contribution is -0.150. The summed E-state index contributed by atoms with van der Waals surface area (Å²) in [6, 6.07) is -2.16. The number of carbonyl (C=O) groups excluding carboxylic acids is 4. The van der Waals surface area contributed by atoms with E-state index in [0.29, 0.717) is 19.4 Å². The highest BCUT2D eigenvalue weighted by Gasteiger charge is 2.37. The van der Waals surface area contributed by atoms with Crippen LogP contribution in [0.15, 0.2) is 24.3 Å². The Kier molecular flexibility index (Phi) is 9.58. The molecule has 1 saturated heterocycles. The molecule has 3 atom stereocenters. The molecule has 4 amide bonds. The summed E-state index contributed by atoms with van der Waals surface area (Å²) in [6.07, 6.45) is 7.33. The standard InChI is InChI=1S/C21H34N4O4/c1-7-8-9-12-17(26)23-16-11-10-13-22-19(27)15(4)24(5)21(29)18(14(2)3)25(6)20(16)28/h7-9,12,14-16,18H,10-11,13H2,1-6H3,(H,22,27)(H,23,26). The number of rotatable bonds is 4. The van der Waals surface area contributed by atoms with Gasteiger partial charge in [-0.2, -0.15) is 0 Å². The van der Waals surface area contributed by atoms with Crippen molar-refractivity contribution in [3.05, 3.63) is 24.3 Å². The Labute approximate surface area is 173 Å². The highest BCUT2D eigenvalue weighted by atomic mass is 16.2. The SMILES string of the molecule is CC=CC=CC(=O)NC1CCCNC(=O)C(C)N(C)C(=O)C(C(C)C)N(C)C1=O. The van der Waals surface area contributed by atoms with Crippen LogP contribution in [0.25, 0.3) is 0 Å². The zero-order valence-electron chi connectivity index (χ0n) is 18.3. The largest absolute Gasteiger partial charge is 0.354 e. The maximum Gasteiger partial charge on any atom is 0.246 e. The number of hydrogen-bond donors (Lipinski definition) is 2. The molecule has 8 nitrogen and oxygen atoms in total. The maximum absolute atomic E-state index is 13.2. The van der Waals surface area contributed by atoms with Crippen molar-refractivity contribution in [2.75, 3.05) is 20.6 Å². The van der Waals surface area contributed by atoms with Gasteiger partial charge in [-0.1, -0.05) is 32.1 Å². The van der Waals surface area contributed by atoms with Gasteiger partial charge < -0.3 is 20.4 Å². The maximum atomic E-state index is 13.2. The summed E-state index contributed by atoms with van der Waals surface area (Å²) in [4.78, 5) is 53.5. The van der Waals surface area contributed by atoms with Gasteiger partial charge in [0.15, 0.2) is 0 Å². The van der Waals surface area contributed by atoms with E-state index in [2.05, 4.69) is 10.6 Å². The van der Waals surface area contributed by atoms with Crippen molar-refractivity contribution in [1.82, 2.24) is 20.4 Å². The molecule has 1 heterocycles. The van der Waals surface area contributed by atoms with Crippen molar-refractivity contribution >= 4 is 23.6 Å². The average molecular weight is 407 g/mol. The second-order valence-electron chi connectivity index (χ2n) is 7.64. The van der Waals surface area contributed by atoms with Gasteiger partial charge in [0.25, 0.3) is 0 Å². The van der Waals surface area contributed by atoms with E-state index in [1.165, 1.54) is 15.9 Å². The first-order valence-corrected chi connectivity index (χ1v) is 10.0. The highest BCUT2D eigenvalue weighted by Crippen LogP contribution is 2.17. The normalized spacial score (nSPS) is 25.3. The van der Waals surface area contributed by atoms with Crippen LogP contribution in [0.2, 0.25) is 0 Å². The molecule has 0 aromatic rings. The molecule has 1 aliphatic rings. The van der Waals surface area contributed by atoms with E-state index < -0.39 is 18.1 Å². The van der Waals surface area contributed by atoms with Crippen LogP contribution < -0.4 is 10.6 Å². The van der Waals surface area contributed by atoms with Gasteiger partial charge in [0.1, 0.15) is 18.1 Å². The lowest BCUT2D eigenvalue weighted by atomic mass is 9.98. The molecular formula is C21H34N4O4. The van der Waals surface area contributed by atoms with Crippen LogP contribution in [0.4, 0.5) is 0 Å². The van der Waals surface area contributed by atoms with Crippen molar-refractivity contribution in [3.63, 3.8) is 0 Å². The van der Waals surface area contributed by atoms with E-state index in [0.717, 1.165) is 0 Å². The fourth-order valence-electron chi connectivity index (χ4n) is 3.25. The van der Waals surface area contributed by atoms with Crippen LogP contribution in [0.3, 0.4) is 0 Å². The second kappa shape index (κ2) is 11.4. The molecule has 0 bridgehead atoms. The van der Waals surface area contributed by atoms with Crippen LogP contribution in [-0.2, 0) is 19.2 Å². The van der Waals surface area contributed by atoms with Crippen molar-refractivity contribution in [3.8, 4) is 0 Å².